The largest absolute Gasteiger partial charge is 0.299 e. The van der Waals surface area contributed by atoms with Gasteiger partial charge < -0.3 is 0 Å². The van der Waals surface area contributed by atoms with Crippen LogP contribution in [0, 0.1) is 5.41 Å². The van der Waals surface area contributed by atoms with Crippen LogP contribution in [-0.2, 0) is 4.79 Å². The molecule has 1 aliphatic rings. The second kappa shape index (κ2) is 10.1. The lowest BCUT2D eigenvalue weighted by molar-refractivity contribution is -0.104. The van der Waals surface area contributed by atoms with Gasteiger partial charge in [-0.1, -0.05) is 62.0 Å². The van der Waals surface area contributed by atoms with Crippen molar-refractivity contribution in [3.05, 3.63) is 59.8 Å². The van der Waals surface area contributed by atoms with Crippen LogP contribution in [0.2, 0.25) is 0 Å². The van der Waals surface area contributed by atoms with Crippen LogP contribution >= 0.6 is 0 Å². The molecule has 0 saturated heterocycles. The number of allylic oxidation sites excluding steroid dienone is 9. The van der Waals surface area contributed by atoms with E-state index in [9.17, 15) is 4.79 Å². The predicted octanol–water partition coefficient (Wildman–Crippen LogP) is 5.96. The number of carbonyl (C=O) groups is 1. The molecule has 1 aliphatic carbocycles. The van der Waals surface area contributed by atoms with E-state index >= 15 is 0 Å². The van der Waals surface area contributed by atoms with Crippen molar-refractivity contribution < 1.29 is 4.79 Å². The lowest BCUT2D eigenvalue weighted by atomic mass is 9.73. The van der Waals surface area contributed by atoms with E-state index < -0.39 is 0 Å². The van der Waals surface area contributed by atoms with Gasteiger partial charge in [-0.05, 0) is 57.1 Å². The monoisotopic (exact) mass is 286 g/mol. The zero-order valence-electron chi connectivity index (χ0n) is 14.3. The van der Waals surface area contributed by atoms with Crippen molar-refractivity contribution in [2.24, 2.45) is 5.41 Å². The number of hydrogen-bond donors (Lipinski definition) is 0. The standard InChI is InChI=1S/C11H18.C9H12O/c1-5-10-9(2)7-6-8-11(10,3)4;1-9(2)7-5-3-4-6-8-10/h5H,1,6-8H2,2-4H3;3-8H,1-2H3/b;5-3-,6-4+. The molecule has 1 heteroatoms. The first-order valence-electron chi connectivity index (χ1n) is 7.60. The normalized spacial score (nSPS) is 17.4. The van der Waals surface area contributed by atoms with E-state index in [2.05, 4.69) is 27.4 Å². The number of rotatable bonds is 4. The lowest BCUT2D eigenvalue weighted by Crippen LogP contribution is -2.18. The lowest BCUT2D eigenvalue weighted by Gasteiger charge is -2.32. The Morgan fingerprint density at radius 2 is 1.76 bits per heavy atom. The first-order valence-corrected chi connectivity index (χ1v) is 7.60. The van der Waals surface area contributed by atoms with Crippen molar-refractivity contribution in [2.45, 2.75) is 53.9 Å². The van der Waals surface area contributed by atoms with E-state index in [1.54, 1.807) is 6.08 Å². The third-order valence-corrected chi connectivity index (χ3v) is 3.59. The summed E-state index contributed by atoms with van der Waals surface area (Å²) in [6.45, 7) is 14.8. The molecule has 1 rings (SSSR count). The maximum Gasteiger partial charge on any atom is 0.142 e. The molecule has 0 fully saturated rings. The summed E-state index contributed by atoms with van der Waals surface area (Å²) >= 11 is 0. The van der Waals surface area contributed by atoms with Crippen LogP contribution in [0.3, 0.4) is 0 Å². The van der Waals surface area contributed by atoms with Gasteiger partial charge in [0.1, 0.15) is 6.29 Å². The summed E-state index contributed by atoms with van der Waals surface area (Å²) in [6.07, 6.45) is 15.6. The van der Waals surface area contributed by atoms with E-state index in [0.717, 1.165) is 6.29 Å². The van der Waals surface area contributed by atoms with Crippen LogP contribution in [0.15, 0.2) is 59.8 Å². The molecule has 116 valence electrons. The second-order valence-corrected chi connectivity index (χ2v) is 6.29. The van der Waals surface area contributed by atoms with E-state index in [-0.39, 0.29) is 0 Å². The quantitative estimate of drug-likeness (QED) is 0.354. The zero-order valence-corrected chi connectivity index (χ0v) is 14.3. The molecule has 0 radical (unpaired) electrons. The van der Waals surface area contributed by atoms with Crippen LogP contribution in [0.25, 0.3) is 0 Å². The first-order chi connectivity index (χ1) is 9.85. The highest BCUT2D eigenvalue weighted by molar-refractivity contribution is 5.65. The van der Waals surface area contributed by atoms with Crippen LogP contribution < -0.4 is 0 Å². The fraction of sp³-hybridized carbons (Fsp3) is 0.450. The number of aldehydes is 1. The minimum absolute atomic E-state index is 0.379. The molecule has 0 unspecified atom stereocenters. The van der Waals surface area contributed by atoms with Crippen LogP contribution in [0.4, 0.5) is 0 Å². The molecule has 0 aromatic rings. The molecule has 0 heterocycles. The Morgan fingerprint density at radius 1 is 1.14 bits per heavy atom. The Kier molecular flexibility index (Phi) is 9.36. The summed E-state index contributed by atoms with van der Waals surface area (Å²) in [5, 5.41) is 0. The third kappa shape index (κ3) is 8.29. The minimum Gasteiger partial charge on any atom is -0.299 e. The van der Waals surface area contributed by atoms with Crippen LogP contribution in [0.1, 0.15) is 53.9 Å². The van der Waals surface area contributed by atoms with Crippen molar-refractivity contribution in [3.63, 3.8) is 0 Å². The van der Waals surface area contributed by atoms with Crippen LogP contribution in [-0.4, -0.2) is 6.29 Å². The van der Waals surface area contributed by atoms with Crippen molar-refractivity contribution >= 4 is 6.29 Å². The average molecular weight is 286 g/mol. The van der Waals surface area contributed by atoms with Crippen molar-refractivity contribution in [2.75, 3.05) is 0 Å². The van der Waals surface area contributed by atoms with Gasteiger partial charge in [0.25, 0.3) is 0 Å². The van der Waals surface area contributed by atoms with Gasteiger partial charge in [-0.15, -0.1) is 0 Å². The maximum atomic E-state index is 9.77. The molecule has 0 aliphatic heterocycles. The molecule has 21 heavy (non-hydrogen) atoms. The Hall–Kier alpha value is -1.63. The van der Waals surface area contributed by atoms with Crippen molar-refractivity contribution in [3.8, 4) is 0 Å². The molecule has 0 N–H and O–H groups in total. The summed E-state index contributed by atoms with van der Waals surface area (Å²) in [5.74, 6) is 0. The summed E-state index contributed by atoms with van der Waals surface area (Å²) in [4.78, 5) is 9.77. The Bertz CT molecular complexity index is 452. The molecule has 0 bridgehead atoms. The van der Waals surface area contributed by atoms with Gasteiger partial charge in [0.15, 0.2) is 0 Å². The molecule has 1 nitrogen and oxygen atoms in total. The average Bonchev–Trinajstić information content (AvgIpc) is 2.38. The van der Waals surface area contributed by atoms with Gasteiger partial charge in [0.2, 0.25) is 0 Å². The minimum atomic E-state index is 0.379. The van der Waals surface area contributed by atoms with E-state index in [4.69, 9.17) is 0 Å². The molecule has 0 saturated carbocycles. The van der Waals surface area contributed by atoms with E-state index in [1.165, 1.54) is 42.1 Å². The number of hydrogen-bond acceptors (Lipinski definition) is 1. The summed E-state index contributed by atoms with van der Waals surface area (Å²) < 4.78 is 0. The second-order valence-electron chi connectivity index (χ2n) is 6.29. The van der Waals surface area contributed by atoms with Gasteiger partial charge in [-0.25, -0.2) is 0 Å². The molecular weight excluding hydrogens is 256 g/mol. The highest BCUT2D eigenvalue weighted by atomic mass is 16.1. The highest BCUT2D eigenvalue weighted by Crippen LogP contribution is 2.40. The Labute approximate surface area is 130 Å². The molecule has 0 atom stereocenters. The zero-order chi connectivity index (χ0) is 16.3. The van der Waals surface area contributed by atoms with Gasteiger partial charge in [0.05, 0.1) is 0 Å². The Balaban J connectivity index is 0.000000384. The van der Waals surface area contributed by atoms with Crippen LogP contribution in [0.5, 0.6) is 0 Å². The topological polar surface area (TPSA) is 17.1 Å². The van der Waals surface area contributed by atoms with Crippen molar-refractivity contribution in [1.82, 2.24) is 0 Å². The predicted molar refractivity (Wildman–Crippen MR) is 94.3 cm³/mol. The van der Waals surface area contributed by atoms with Gasteiger partial charge in [-0.2, -0.15) is 0 Å². The van der Waals surface area contributed by atoms with Gasteiger partial charge in [0, 0.05) is 0 Å². The fourth-order valence-electron chi connectivity index (χ4n) is 2.51. The molecular formula is C20H30O. The summed E-state index contributed by atoms with van der Waals surface area (Å²) in [7, 11) is 0. The molecule has 0 spiro atoms. The van der Waals surface area contributed by atoms with Gasteiger partial charge in [-0.3, -0.25) is 4.79 Å². The summed E-state index contributed by atoms with van der Waals surface area (Å²) in [6, 6.07) is 0. The first kappa shape index (κ1) is 19.4. The maximum absolute atomic E-state index is 9.77. The highest BCUT2D eigenvalue weighted by Gasteiger charge is 2.25. The van der Waals surface area contributed by atoms with E-state index in [0.29, 0.717) is 5.41 Å². The smallest absolute Gasteiger partial charge is 0.142 e. The fourth-order valence-corrected chi connectivity index (χ4v) is 2.51. The SMILES string of the molecule is C=CC1=C(C)CCCC1(C)C.CC(C)=C/C=C\C=C\C=O. The van der Waals surface area contributed by atoms with E-state index in [1.807, 2.05) is 38.2 Å². The molecule has 0 aromatic carbocycles. The molecule has 0 aromatic heterocycles. The Morgan fingerprint density at radius 3 is 2.19 bits per heavy atom. The molecule has 0 amide bonds. The van der Waals surface area contributed by atoms with Gasteiger partial charge >= 0.3 is 0 Å². The third-order valence-electron chi connectivity index (χ3n) is 3.59. The number of carbonyl (C=O) groups excluding carboxylic acids is 1. The summed E-state index contributed by atoms with van der Waals surface area (Å²) in [5.41, 5.74) is 4.64. The van der Waals surface area contributed by atoms with Crippen molar-refractivity contribution in [1.29, 1.82) is 0 Å².